The molecule has 1 aromatic carbocycles. The van der Waals surface area contributed by atoms with E-state index in [0.29, 0.717) is 5.88 Å². The second-order valence-corrected chi connectivity index (χ2v) is 4.33. The second kappa shape index (κ2) is 3.53. The number of hydrogen-bond donors (Lipinski definition) is 1. The molecule has 0 aliphatic carbocycles. The summed E-state index contributed by atoms with van der Waals surface area (Å²) in [5, 5.41) is 5.44. The molecule has 0 aliphatic rings. The summed E-state index contributed by atoms with van der Waals surface area (Å²) in [6, 6.07) is 5.95. The third-order valence-corrected chi connectivity index (χ3v) is 3.15. The summed E-state index contributed by atoms with van der Waals surface area (Å²) < 4.78 is 6.84. The van der Waals surface area contributed by atoms with Gasteiger partial charge in [0.15, 0.2) is 0 Å². The Morgan fingerprint density at radius 3 is 2.94 bits per heavy atom. The summed E-state index contributed by atoms with van der Waals surface area (Å²) >= 11 is 6.11. The van der Waals surface area contributed by atoms with E-state index in [1.807, 2.05) is 36.0 Å². The van der Waals surface area contributed by atoms with Gasteiger partial charge in [0, 0.05) is 24.1 Å². The van der Waals surface area contributed by atoms with Gasteiger partial charge in [-0.2, -0.15) is 0 Å². The monoisotopic (exact) mass is 247 g/mol. The van der Waals surface area contributed by atoms with Crippen molar-refractivity contribution >= 4 is 28.4 Å². The summed E-state index contributed by atoms with van der Waals surface area (Å²) in [6.07, 6.45) is 3.49. The van der Waals surface area contributed by atoms with Crippen LogP contribution in [0.25, 0.3) is 22.0 Å². The number of aryl methyl sites for hydroxylation is 1. The minimum Gasteiger partial charge on any atom is -0.367 e. The number of fused-ring (bicyclic) bond motifs is 1. The minimum atomic E-state index is 0.324. The highest BCUT2D eigenvalue weighted by atomic mass is 35.5. The van der Waals surface area contributed by atoms with Crippen LogP contribution in [0.2, 0.25) is 5.02 Å². The average Bonchev–Trinajstić information content (AvgIpc) is 2.84. The molecule has 0 amide bonds. The molecule has 2 N–H and O–H groups in total. The maximum atomic E-state index is 6.11. The zero-order valence-electron chi connectivity index (χ0n) is 9.14. The number of benzene rings is 1. The Labute approximate surface area is 103 Å². The smallest absolute Gasteiger partial charge is 0.229 e. The summed E-state index contributed by atoms with van der Waals surface area (Å²) in [6.45, 7) is 0. The Hall–Kier alpha value is -1.94. The number of nitrogen functional groups attached to an aromatic ring is 1. The van der Waals surface area contributed by atoms with Gasteiger partial charge in [0.2, 0.25) is 5.88 Å². The van der Waals surface area contributed by atoms with E-state index >= 15 is 0 Å². The predicted octanol–water partition coefficient (Wildman–Crippen LogP) is 3.07. The highest BCUT2D eigenvalue weighted by Gasteiger charge is 2.10. The Morgan fingerprint density at radius 2 is 2.24 bits per heavy atom. The molecule has 5 heteroatoms. The Morgan fingerprint density at radius 1 is 1.41 bits per heavy atom. The van der Waals surface area contributed by atoms with Crippen molar-refractivity contribution in [3.8, 4) is 11.1 Å². The third kappa shape index (κ3) is 1.49. The molecule has 0 fully saturated rings. The highest BCUT2D eigenvalue weighted by molar-refractivity contribution is 6.35. The predicted molar refractivity (Wildman–Crippen MR) is 67.8 cm³/mol. The molecule has 0 saturated heterocycles. The summed E-state index contributed by atoms with van der Waals surface area (Å²) in [4.78, 5) is 0. The quantitative estimate of drug-likeness (QED) is 0.719. The first-order valence-electron chi connectivity index (χ1n) is 5.12. The van der Waals surface area contributed by atoms with Crippen LogP contribution < -0.4 is 5.73 Å². The van der Waals surface area contributed by atoms with E-state index in [0.717, 1.165) is 27.1 Å². The zero-order chi connectivity index (χ0) is 12.0. The van der Waals surface area contributed by atoms with Crippen LogP contribution in [0.1, 0.15) is 0 Å². The maximum absolute atomic E-state index is 6.11. The number of nitrogens with zero attached hydrogens (tertiary/aromatic N) is 2. The lowest BCUT2D eigenvalue weighted by Gasteiger charge is -2.00. The van der Waals surface area contributed by atoms with Gasteiger partial charge in [-0.1, -0.05) is 28.9 Å². The van der Waals surface area contributed by atoms with Crippen LogP contribution in [0.15, 0.2) is 35.1 Å². The van der Waals surface area contributed by atoms with Gasteiger partial charge in [0.25, 0.3) is 0 Å². The van der Waals surface area contributed by atoms with Crippen molar-refractivity contribution < 1.29 is 4.52 Å². The minimum absolute atomic E-state index is 0.324. The number of hydrogen-bond acceptors (Lipinski definition) is 3. The molecular formula is C12H10ClN3O. The van der Waals surface area contributed by atoms with Crippen molar-refractivity contribution in [3.05, 3.63) is 35.6 Å². The molecule has 0 bridgehead atoms. The highest BCUT2D eigenvalue weighted by Crippen LogP contribution is 2.31. The fourth-order valence-corrected chi connectivity index (χ4v) is 2.27. The van der Waals surface area contributed by atoms with Crippen molar-refractivity contribution in [2.45, 2.75) is 0 Å². The molecule has 86 valence electrons. The molecule has 0 unspecified atom stereocenters. The Kier molecular flexibility index (Phi) is 2.12. The first kappa shape index (κ1) is 10.2. The van der Waals surface area contributed by atoms with Crippen LogP contribution in [-0.2, 0) is 7.05 Å². The molecule has 3 aromatic rings. The van der Waals surface area contributed by atoms with Gasteiger partial charge in [-0.3, -0.25) is 0 Å². The standard InChI is InChI=1S/C12H10ClN3O/c1-16-6-10(13)8-3-2-7(4-11(8)16)9-5-15-17-12(9)14/h2-6H,14H2,1H3. The van der Waals surface area contributed by atoms with Crippen molar-refractivity contribution in [2.75, 3.05) is 5.73 Å². The van der Waals surface area contributed by atoms with Gasteiger partial charge in [0.05, 0.1) is 16.8 Å². The van der Waals surface area contributed by atoms with Crippen LogP contribution in [-0.4, -0.2) is 9.72 Å². The normalized spacial score (nSPS) is 11.2. The molecule has 3 rings (SSSR count). The van der Waals surface area contributed by atoms with E-state index in [1.54, 1.807) is 6.20 Å². The van der Waals surface area contributed by atoms with E-state index in [9.17, 15) is 0 Å². The lowest BCUT2D eigenvalue weighted by Crippen LogP contribution is -1.87. The van der Waals surface area contributed by atoms with Crippen LogP contribution in [0, 0.1) is 0 Å². The van der Waals surface area contributed by atoms with E-state index in [1.165, 1.54) is 0 Å². The molecule has 4 nitrogen and oxygen atoms in total. The fourth-order valence-electron chi connectivity index (χ4n) is 1.97. The van der Waals surface area contributed by atoms with Crippen molar-refractivity contribution in [1.82, 2.24) is 9.72 Å². The number of halogens is 1. The Balaban J connectivity index is 2.27. The number of anilines is 1. The summed E-state index contributed by atoms with van der Waals surface area (Å²) in [7, 11) is 1.95. The number of nitrogens with two attached hydrogens (primary N) is 1. The van der Waals surface area contributed by atoms with Crippen LogP contribution in [0.5, 0.6) is 0 Å². The van der Waals surface area contributed by atoms with Gasteiger partial charge in [0.1, 0.15) is 0 Å². The number of aromatic nitrogens is 2. The third-order valence-electron chi connectivity index (χ3n) is 2.85. The van der Waals surface area contributed by atoms with Gasteiger partial charge < -0.3 is 14.8 Å². The van der Waals surface area contributed by atoms with Gasteiger partial charge in [-0.15, -0.1) is 0 Å². The van der Waals surface area contributed by atoms with Crippen molar-refractivity contribution in [2.24, 2.45) is 7.05 Å². The molecule has 2 heterocycles. The topological polar surface area (TPSA) is 57.0 Å². The molecule has 0 aliphatic heterocycles. The van der Waals surface area contributed by atoms with E-state index < -0.39 is 0 Å². The Bertz CT molecular complexity index is 699. The van der Waals surface area contributed by atoms with Crippen molar-refractivity contribution in [3.63, 3.8) is 0 Å². The summed E-state index contributed by atoms with van der Waals surface area (Å²) in [5.74, 6) is 0.324. The van der Waals surface area contributed by atoms with Crippen LogP contribution in [0.3, 0.4) is 0 Å². The first-order valence-corrected chi connectivity index (χ1v) is 5.49. The lowest BCUT2D eigenvalue weighted by atomic mass is 10.1. The van der Waals surface area contributed by atoms with Gasteiger partial charge in [-0.05, 0) is 11.6 Å². The molecular weight excluding hydrogens is 238 g/mol. The van der Waals surface area contributed by atoms with Gasteiger partial charge in [-0.25, -0.2) is 0 Å². The van der Waals surface area contributed by atoms with Gasteiger partial charge >= 0.3 is 0 Å². The lowest BCUT2D eigenvalue weighted by molar-refractivity contribution is 0.436. The molecule has 17 heavy (non-hydrogen) atoms. The van der Waals surface area contributed by atoms with Crippen LogP contribution in [0.4, 0.5) is 5.88 Å². The first-order chi connectivity index (χ1) is 8.16. The summed E-state index contributed by atoms with van der Waals surface area (Å²) in [5.41, 5.74) is 8.51. The molecule has 0 saturated carbocycles. The maximum Gasteiger partial charge on any atom is 0.229 e. The van der Waals surface area contributed by atoms with Crippen LogP contribution >= 0.6 is 11.6 Å². The molecule has 0 radical (unpaired) electrons. The van der Waals surface area contributed by atoms with E-state index in [4.69, 9.17) is 21.9 Å². The zero-order valence-corrected chi connectivity index (χ0v) is 9.90. The SMILES string of the molecule is Cn1cc(Cl)c2ccc(-c3cnoc3N)cc21. The molecule has 0 spiro atoms. The van der Waals surface area contributed by atoms with E-state index in [-0.39, 0.29) is 0 Å². The number of rotatable bonds is 1. The fraction of sp³-hybridized carbons (Fsp3) is 0.0833. The largest absolute Gasteiger partial charge is 0.367 e. The van der Waals surface area contributed by atoms with E-state index in [2.05, 4.69) is 5.16 Å². The average molecular weight is 248 g/mol. The second-order valence-electron chi connectivity index (χ2n) is 3.92. The molecule has 0 atom stereocenters. The van der Waals surface area contributed by atoms with Crippen molar-refractivity contribution in [1.29, 1.82) is 0 Å². The molecule has 2 aromatic heterocycles.